The zero-order valence-electron chi connectivity index (χ0n) is 10.1. The first kappa shape index (κ1) is 14.3. The molecule has 1 aliphatic carbocycles. The van der Waals surface area contributed by atoms with Crippen LogP contribution in [0.1, 0.15) is 32.6 Å². The smallest absolute Gasteiger partial charge is 0.315 e. The standard InChI is InChI=1S/C12H19F3N2/c1-9-2-4-10(5-3-9)7-17-8-11(6-16)12(13,14)15/h9-11,17H,2-5,7-8H2,1H3. The molecule has 1 unspecified atom stereocenters. The molecule has 0 bridgehead atoms. The molecular weight excluding hydrogens is 229 g/mol. The molecule has 5 heteroatoms. The Bertz CT molecular complexity index is 262. The second-order valence-corrected chi connectivity index (χ2v) is 5.01. The summed E-state index contributed by atoms with van der Waals surface area (Å²) in [6.45, 7) is 2.52. The minimum atomic E-state index is -4.41. The highest BCUT2D eigenvalue weighted by Crippen LogP contribution is 2.28. The van der Waals surface area contributed by atoms with E-state index in [4.69, 9.17) is 5.26 Å². The minimum absolute atomic E-state index is 0.286. The lowest BCUT2D eigenvalue weighted by Gasteiger charge is -2.26. The summed E-state index contributed by atoms with van der Waals surface area (Å²) < 4.78 is 36.8. The van der Waals surface area contributed by atoms with Gasteiger partial charge in [0.25, 0.3) is 0 Å². The van der Waals surface area contributed by atoms with Crippen molar-refractivity contribution in [3.05, 3.63) is 0 Å². The first-order valence-corrected chi connectivity index (χ1v) is 6.10. The molecule has 0 radical (unpaired) electrons. The van der Waals surface area contributed by atoms with Crippen LogP contribution in [0.4, 0.5) is 13.2 Å². The van der Waals surface area contributed by atoms with Crippen LogP contribution in [0.25, 0.3) is 0 Å². The summed E-state index contributed by atoms with van der Waals surface area (Å²) in [6.07, 6.45) is 0.0677. The Kier molecular flexibility index (Phi) is 5.26. The van der Waals surface area contributed by atoms with Gasteiger partial charge in [-0.1, -0.05) is 19.8 Å². The van der Waals surface area contributed by atoms with Crippen molar-refractivity contribution < 1.29 is 13.2 Å². The van der Waals surface area contributed by atoms with Crippen LogP contribution in [0.3, 0.4) is 0 Å². The first-order chi connectivity index (χ1) is 7.93. The zero-order chi connectivity index (χ0) is 12.9. The molecule has 0 aliphatic heterocycles. The Morgan fingerprint density at radius 1 is 1.29 bits per heavy atom. The fourth-order valence-electron chi connectivity index (χ4n) is 2.20. The topological polar surface area (TPSA) is 35.8 Å². The van der Waals surface area contributed by atoms with Crippen LogP contribution in [0.5, 0.6) is 0 Å². The normalized spacial score (nSPS) is 27.5. The van der Waals surface area contributed by atoms with Gasteiger partial charge in [0.05, 0.1) is 6.07 Å². The maximum absolute atomic E-state index is 12.3. The van der Waals surface area contributed by atoms with Crippen LogP contribution in [-0.4, -0.2) is 19.3 Å². The highest BCUT2D eigenvalue weighted by molar-refractivity contribution is 4.90. The maximum atomic E-state index is 12.3. The van der Waals surface area contributed by atoms with Crippen LogP contribution in [0.2, 0.25) is 0 Å². The van der Waals surface area contributed by atoms with Gasteiger partial charge in [-0.25, -0.2) is 0 Å². The lowest BCUT2D eigenvalue weighted by atomic mass is 9.83. The van der Waals surface area contributed by atoms with Gasteiger partial charge in [0, 0.05) is 6.54 Å². The molecule has 1 saturated carbocycles. The fraction of sp³-hybridized carbons (Fsp3) is 0.917. The summed E-state index contributed by atoms with van der Waals surface area (Å²) in [5, 5.41) is 11.2. The van der Waals surface area contributed by atoms with Crippen LogP contribution < -0.4 is 5.32 Å². The monoisotopic (exact) mass is 248 g/mol. The molecule has 0 spiro atoms. The molecular formula is C12H19F3N2. The third-order valence-electron chi connectivity index (χ3n) is 3.47. The van der Waals surface area contributed by atoms with E-state index in [1.54, 1.807) is 0 Å². The quantitative estimate of drug-likeness (QED) is 0.829. The van der Waals surface area contributed by atoms with Crippen LogP contribution in [0.15, 0.2) is 0 Å². The summed E-state index contributed by atoms with van der Waals surface area (Å²) in [7, 11) is 0. The molecule has 1 fully saturated rings. The van der Waals surface area contributed by atoms with E-state index in [-0.39, 0.29) is 6.54 Å². The lowest BCUT2D eigenvalue weighted by Crippen LogP contribution is -2.35. The number of alkyl halides is 3. The summed E-state index contributed by atoms with van der Waals surface area (Å²) in [6, 6.07) is 1.30. The van der Waals surface area contributed by atoms with Crippen molar-refractivity contribution in [3.8, 4) is 6.07 Å². The van der Waals surface area contributed by atoms with Crippen molar-refractivity contribution in [3.63, 3.8) is 0 Å². The molecule has 0 aromatic carbocycles. The van der Waals surface area contributed by atoms with E-state index < -0.39 is 12.1 Å². The van der Waals surface area contributed by atoms with E-state index in [0.717, 1.165) is 31.6 Å². The van der Waals surface area contributed by atoms with Gasteiger partial charge < -0.3 is 5.32 Å². The SMILES string of the molecule is CC1CCC(CNCC(C#N)C(F)(F)F)CC1. The van der Waals surface area contributed by atoms with Gasteiger partial charge >= 0.3 is 6.18 Å². The molecule has 1 rings (SSSR count). The van der Waals surface area contributed by atoms with Gasteiger partial charge in [0.2, 0.25) is 0 Å². The Labute approximate surface area is 100 Å². The third kappa shape index (κ3) is 4.95. The number of rotatable bonds is 4. The number of hydrogen-bond acceptors (Lipinski definition) is 2. The van der Waals surface area contributed by atoms with Gasteiger partial charge in [-0.3, -0.25) is 0 Å². The number of halogens is 3. The molecule has 0 aromatic heterocycles. The molecule has 1 N–H and O–H groups in total. The molecule has 2 nitrogen and oxygen atoms in total. The number of nitriles is 1. The average molecular weight is 248 g/mol. The maximum Gasteiger partial charge on any atom is 0.405 e. The average Bonchev–Trinajstić information content (AvgIpc) is 2.25. The largest absolute Gasteiger partial charge is 0.405 e. The Hall–Kier alpha value is -0.760. The van der Waals surface area contributed by atoms with Crippen LogP contribution in [-0.2, 0) is 0 Å². The predicted octanol–water partition coefficient (Wildman–Crippen LogP) is 3.10. The van der Waals surface area contributed by atoms with E-state index in [2.05, 4.69) is 12.2 Å². The molecule has 0 aromatic rings. The van der Waals surface area contributed by atoms with E-state index in [9.17, 15) is 13.2 Å². The third-order valence-corrected chi connectivity index (χ3v) is 3.47. The summed E-state index contributed by atoms with van der Waals surface area (Å²) in [5.74, 6) is -0.669. The lowest BCUT2D eigenvalue weighted by molar-refractivity contribution is -0.157. The molecule has 0 amide bonds. The van der Waals surface area contributed by atoms with Crippen molar-refractivity contribution in [1.82, 2.24) is 5.32 Å². The van der Waals surface area contributed by atoms with Crippen molar-refractivity contribution in [2.75, 3.05) is 13.1 Å². The second-order valence-electron chi connectivity index (χ2n) is 5.01. The molecule has 17 heavy (non-hydrogen) atoms. The molecule has 98 valence electrons. The van der Waals surface area contributed by atoms with Crippen LogP contribution >= 0.6 is 0 Å². The van der Waals surface area contributed by atoms with E-state index in [0.29, 0.717) is 12.5 Å². The van der Waals surface area contributed by atoms with E-state index in [1.807, 2.05) is 0 Å². The fourth-order valence-corrected chi connectivity index (χ4v) is 2.20. The minimum Gasteiger partial charge on any atom is -0.315 e. The van der Waals surface area contributed by atoms with Crippen molar-refractivity contribution in [2.45, 2.75) is 38.8 Å². The Morgan fingerprint density at radius 2 is 1.88 bits per heavy atom. The second kappa shape index (κ2) is 6.25. The van der Waals surface area contributed by atoms with Gasteiger partial charge in [-0.05, 0) is 31.2 Å². The Balaban J connectivity index is 2.21. The van der Waals surface area contributed by atoms with Crippen molar-refractivity contribution >= 4 is 0 Å². The first-order valence-electron chi connectivity index (χ1n) is 6.10. The highest BCUT2D eigenvalue weighted by atomic mass is 19.4. The number of nitrogens with zero attached hydrogens (tertiary/aromatic N) is 1. The summed E-state index contributed by atoms with van der Waals surface area (Å²) in [5.41, 5.74) is 0. The van der Waals surface area contributed by atoms with E-state index in [1.165, 1.54) is 6.07 Å². The number of hydrogen-bond donors (Lipinski definition) is 1. The van der Waals surface area contributed by atoms with E-state index >= 15 is 0 Å². The van der Waals surface area contributed by atoms with Gasteiger partial charge in [0.1, 0.15) is 0 Å². The van der Waals surface area contributed by atoms with Crippen molar-refractivity contribution in [2.24, 2.45) is 17.8 Å². The predicted molar refractivity (Wildman–Crippen MR) is 59.1 cm³/mol. The highest BCUT2D eigenvalue weighted by Gasteiger charge is 2.39. The summed E-state index contributed by atoms with van der Waals surface area (Å²) in [4.78, 5) is 0. The number of nitrogens with one attached hydrogen (secondary N) is 1. The molecule has 1 atom stereocenters. The molecule has 1 aliphatic rings. The van der Waals surface area contributed by atoms with Gasteiger partial charge in [-0.15, -0.1) is 0 Å². The Morgan fingerprint density at radius 3 is 2.35 bits per heavy atom. The van der Waals surface area contributed by atoms with Gasteiger partial charge in [-0.2, -0.15) is 18.4 Å². The van der Waals surface area contributed by atoms with Crippen molar-refractivity contribution in [1.29, 1.82) is 5.26 Å². The molecule has 0 saturated heterocycles. The summed E-state index contributed by atoms with van der Waals surface area (Å²) >= 11 is 0. The zero-order valence-corrected chi connectivity index (χ0v) is 10.1. The van der Waals surface area contributed by atoms with Gasteiger partial charge in [0.15, 0.2) is 5.92 Å². The van der Waals surface area contributed by atoms with Crippen LogP contribution in [0, 0.1) is 29.1 Å². The molecule has 0 heterocycles.